The average Bonchev–Trinajstić information content (AvgIpc) is 2.42. The van der Waals surface area contributed by atoms with E-state index in [1.54, 1.807) is 36.8 Å². The minimum Gasteiger partial charge on any atom is -0.235 e. The van der Waals surface area contributed by atoms with Crippen LogP contribution in [0.25, 0.3) is 0 Å². The molecule has 0 aliphatic heterocycles. The third-order valence-electron chi connectivity index (χ3n) is 3.01. The van der Waals surface area contributed by atoms with Crippen LogP contribution >= 0.6 is 0 Å². The second kappa shape index (κ2) is 7.92. The van der Waals surface area contributed by atoms with E-state index >= 15 is 0 Å². The van der Waals surface area contributed by atoms with E-state index in [2.05, 4.69) is 4.18 Å². The molecule has 0 aliphatic rings. The summed E-state index contributed by atoms with van der Waals surface area (Å²) in [5.41, 5.74) is 0.388. The van der Waals surface area contributed by atoms with E-state index < -0.39 is 34.8 Å². The van der Waals surface area contributed by atoms with Crippen molar-refractivity contribution in [3.63, 3.8) is 0 Å². The van der Waals surface area contributed by atoms with Crippen LogP contribution in [-0.2, 0) is 14.5 Å². The maximum Gasteiger partial charge on any atom is 0.425 e. The molecule has 0 amide bonds. The van der Waals surface area contributed by atoms with Gasteiger partial charge in [-0.1, -0.05) is 44.2 Å². The molecule has 4 nitrogen and oxygen atoms in total. The van der Waals surface area contributed by atoms with Crippen LogP contribution in [0, 0.1) is 5.92 Å². The Bertz CT molecular complexity index is 629. The zero-order chi connectivity index (χ0) is 19.5. The predicted molar refractivity (Wildman–Crippen MR) is 77.7 cm³/mol. The highest BCUT2D eigenvalue weighted by molar-refractivity contribution is 7.84. The van der Waals surface area contributed by atoms with E-state index in [0.29, 0.717) is 5.56 Å². The summed E-state index contributed by atoms with van der Waals surface area (Å²) < 4.78 is 104. The van der Waals surface area contributed by atoms with Crippen LogP contribution in [0.3, 0.4) is 0 Å². The van der Waals surface area contributed by atoms with Crippen molar-refractivity contribution in [3.8, 4) is 0 Å². The Morgan fingerprint density at radius 3 is 1.88 bits per heavy atom. The summed E-state index contributed by atoms with van der Waals surface area (Å²) in [6, 6.07) is 6.72. The van der Waals surface area contributed by atoms with Gasteiger partial charge in [0.2, 0.25) is 0 Å². The largest absolute Gasteiger partial charge is 0.425 e. The second-order valence-corrected chi connectivity index (χ2v) is 7.06. The Balaban J connectivity index is 3.06. The molecule has 0 fully saturated rings. The lowest BCUT2D eigenvalue weighted by Gasteiger charge is -2.25. The Morgan fingerprint density at radius 1 is 1.00 bits per heavy atom. The summed E-state index contributed by atoms with van der Waals surface area (Å²) in [5.74, 6) is -0.0889. The molecule has 0 spiro atoms. The van der Waals surface area contributed by atoms with Crippen LogP contribution in [0.1, 0.15) is 31.9 Å². The average molecular weight is 393 g/mol. The van der Waals surface area contributed by atoms with Crippen molar-refractivity contribution in [2.45, 2.75) is 44.8 Å². The summed E-state index contributed by atoms with van der Waals surface area (Å²) in [4.78, 5) is 0. The molecular weight excluding hydrogens is 376 g/mol. The zero-order valence-corrected chi connectivity index (χ0v) is 14.0. The fraction of sp³-hybridized carbons (Fsp3) is 0.571. The highest BCUT2D eigenvalue weighted by Crippen LogP contribution is 2.36. The Kier molecular flexibility index (Phi) is 6.88. The predicted octanol–water partition coefficient (Wildman–Crippen LogP) is 4.12. The van der Waals surface area contributed by atoms with Gasteiger partial charge < -0.3 is 0 Å². The van der Waals surface area contributed by atoms with E-state index in [-0.39, 0.29) is 12.3 Å². The number of rotatable bonds is 7. The number of halogens is 6. The van der Waals surface area contributed by atoms with Crippen LogP contribution < -0.4 is 4.72 Å². The molecule has 1 aromatic rings. The van der Waals surface area contributed by atoms with Gasteiger partial charge in [0.15, 0.2) is 0 Å². The molecule has 0 saturated heterocycles. The van der Waals surface area contributed by atoms with Gasteiger partial charge in [0.25, 0.3) is 6.10 Å². The number of hydrogen-bond acceptors (Lipinski definition) is 3. The maximum absolute atomic E-state index is 12.5. The summed E-state index contributed by atoms with van der Waals surface area (Å²) in [7, 11) is -5.33. The summed E-state index contributed by atoms with van der Waals surface area (Å²) in [6.07, 6.45) is -16.1. The maximum atomic E-state index is 12.5. The van der Waals surface area contributed by atoms with Gasteiger partial charge >= 0.3 is 22.7 Å². The molecule has 1 rings (SSSR count). The van der Waals surface area contributed by atoms with Crippen molar-refractivity contribution in [2.24, 2.45) is 5.92 Å². The molecule has 0 bridgehead atoms. The molecule has 0 radical (unpaired) electrons. The van der Waals surface area contributed by atoms with Crippen molar-refractivity contribution in [1.29, 1.82) is 0 Å². The Morgan fingerprint density at radius 2 is 1.48 bits per heavy atom. The minimum absolute atomic E-state index is 0.0889. The normalized spacial score (nSPS) is 15.0. The van der Waals surface area contributed by atoms with Crippen LogP contribution in [0.4, 0.5) is 26.3 Å². The Hall–Kier alpha value is -1.33. The summed E-state index contributed by atoms with van der Waals surface area (Å²) >= 11 is 0. The molecule has 0 aliphatic carbocycles. The first-order valence-electron chi connectivity index (χ1n) is 7.11. The van der Waals surface area contributed by atoms with Gasteiger partial charge in [-0.05, 0) is 17.9 Å². The van der Waals surface area contributed by atoms with Gasteiger partial charge in [0.05, 0.1) is 0 Å². The fourth-order valence-electron chi connectivity index (χ4n) is 2.03. The van der Waals surface area contributed by atoms with Gasteiger partial charge in [-0.3, -0.25) is 0 Å². The Labute approximate surface area is 141 Å². The molecule has 1 N–H and O–H groups in total. The smallest absolute Gasteiger partial charge is 0.235 e. The van der Waals surface area contributed by atoms with Gasteiger partial charge in [0, 0.05) is 6.04 Å². The highest BCUT2D eigenvalue weighted by atomic mass is 32.2. The lowest BCUT2D eigenvalue weighted by atomic mass is 9.98. The molecule has 0 saturated carbocycles. The van der Waals surface area contributed by atoms with E-state index in [0.717, 1.165) is 0 Å². The van der Waals surface area contributed by atoms with Gasteiger partial charge in [-0.2, -0.15) is 39.5 Å². The van der Waals surface area contributed by atoms with Crippen molar-refractivity contribution >= 4 is 10.3 Å². The molecule has 144 valence electrons. The lowest BCUT2D eigenvalue weighted by Crippen LogP contribution is -2.48. The number of hydrogen-bond donors (Lipinski definition) is 1. The topological polar surface area (TPSA) is 55.4 Å². The van der Waals surface area contributed by atoms with Gasteiger partial charge in [0.1, 0.15) is 0 Å². The summed E-state index contributed by atoms with van der Waals surface area (Å²) in [6.45, 7) is 3.44. The van der Waals surface area contributed by atoms with Crippen molar-refractivity contribution in [3.05, 3.63) is 35.9 Å². The van der Waals surface area contributed by atoms with E-state index in [4.69, 9.17) is 0 Å². The molecule has 1 unspecified atom stereocenters. The first-order valence-corrected chi connectivity index (χ1v) is 8.52. The third-order valence-corrected chi connectivity index (χ3v) is 4.03. The number of benzene rings is 1. The molecule has 1 atom stereocenters. The van der Waals surface area contributed by atoms with Crippen LogP contribution in [-0.4, -0.2) is 26.9 Å². The quantitative estimate of drug-likeness (QED) is 0.709. The van der Waals surface area contributed by atoms with Gasteiger partial charge in [-0.25, -0.2) is 4.18 Å². The number of nitrogens with one attached hydrogen (secondary N) is 1. The molecule has 25 heavy (non-hydrogen) atoms. The molecule has 11 heteroatoms. The minimum atomic E-state index is -5.92. The number of alkyl halides is 6. The van der Waals surface area contributed by atoms with Crippen molar-refractivity contribution in [1.82, 2.24) is 4.72 Å². The molecule has 1 aromatic carbocycles. The van der Waals surface area contributed by atoms with E-state index in [9.17, 15) is 34.8 Å². The molecule has 0 heterocycles. The third kappa shape index (κ3) is 7.20. The highest BCUT2D eigenvalue weighted by Gasteiger charge is 2.60. The second-order valence-electron chi connectivity index (χ2n) is 5.72. The SMILES string of the molecule is CC(C)CC(NS(=O)(=O)OC(C(F)(F)F)C(F)(F)F)c1ccccc1. The zero-order valence-electron chi connectivity index (χ0n) is 13.2. The van der Waals surface area contributed by atoms with E-state index in [1.807, 2.05) is 0 Å². The fourth-order valence-corrected chi connectivity index (χ4v) is 3.14. The van der Waals surface area contributed by atoms with Crippen LogP contribution in [0.15, 0.2) is 30.3 Å². The first kappa shape index (κ1) is 21.7. The van der Waals surface area contributed by atoms with Crippen molar-refractivity contribution < 1.29 is 38.9 Å². The van der Waals surface area contributed by atoms with Crippen LogP contribution in [0.5, 0.6) is 0 Å². The van der Waals surface area contributed by atoms with E-state index in [1.165, 1.54) is 12.1 Å². The lowest BCUT2D eigenvalue weighted by molar-refractivity contribution is -0.299. The molecular formula is C14H17F6NO3S. The molecule has 0 aromatic heterocycles. The van der Waals surface area contributed by atoms with Gasteiger partial charge in [-0.15, -0.1) is 0 Å². The standard InChI is InChI=1S/C14H17F6NO3S/c1-9(2)8-11(10-6-4-3-5-7-10)21-25(22,23)24-12(13(15,16)17)14(18,19)20/h3-7,9,11-12,21H,8H2,1-2H3. The summed E-state index contributed by atoms with van der Waals surface area (Å²) in [5, 5.41) is 0. The van der Waals surface area contributed by atoms with Crippen LogP contribution in [0.2, 0.25) is 0 Å². The van der Waals surface area contributed by atoms with Crippen molar-refractivity contribution in [2.75, 3.05) is 0 Å². The first-order chi connectivity index (χ1) is 11.2. The monoisotopic (exact) mass is 393 g/mol.